The summed E-state index contributed by atoms with van der Waals surface area (Å²) in [4.78, 5) is 33.0. The van der Waals surface area contributed by atoms with Crippen molar-refractivity contribution >= 4 is 45.0 Å². The second-order valence-corrected chi connectivity index (χ2v) is 7.64. The van der Waals surface area contributed by atoms with Crippen LogP contribution in [0.15, 0.2) is 39.6 Å². The Hall–Kier alpha value is -2.19. The van der Waals surface area contributed by atoms with Crippen LogP contribution in [0.4, 0.5) is 5.13 Å². The minimum Gasteiger partial charge on any atom is -0.302 e. The molecule has 136 valence electrons. The van der Waals surface area contributed by atoms with E-state index in [9.17, 15) is 9.59 Å². The Morgan fingerprint density at radius 3 is 2.88 bits per heavy atom. The van der Waals surface area contributed by atoms with Gasteiger partial charge in [-0.2, -0.15) is 0 Å². The highest BCUT2D eigenvalue weighted by molar-refractivity contribution is 7.98. The Balaban J connectivity index is 1.87. The molecule has 3 aromatic rings. The number of rotatable bonds is 7. The first kappa shape index (κ1) is 18.6. The molecule has 0 saturated carbocycles. The summed E-state index contributed by atoms with van der Waals surface area (Å²) in [7, 11) is 0. The first-order valence-electron chi connectivity index (χ1n) is 8.43. The third-order valence-electron chi connectivity index (χ3n) is 3.75. The van der Waals surface area contributed by atoms with E-state index in [-0.39, 0.29) is 11.5 Å². The Labute approximate surface area is 159 Å². The molecule has 1 amide bonds. The summed E-state index contributed by atoms with van der Waals surface area (Å²) in [5.41, 5.74) is 1.57. The van der Waals surface area contributed by atoms with Crippen molar-refractivity contribution in [2.75, 3.05) is 5.32 Å². The van der Waals surface area contributed by atoms with Crippen molar-refractivity contribution in [1.29, 1.82) is 0 Å². The van der Waals surface area contributed by atoms with Gasteiger partial charge in [-0.05, 0) is 18.6 Å². The molecule has 2 aromatic heterocycles. The Morgan fingerprint density at radius 1 is 1.31 bits per heavy atom. The molecule has 1 aromatic carbocycles. The zero-order chi connectivity index (χ0) is 18.5. The Bertz CT molecular complexity index is 981. The van der Waals surface area contributed by atoms with E-state index in [0.29, 0.717) is 33.5 Å². The maximum Gasteiger partial charge on any atom is 0.262 e. The molecule has 0 unspecified atom stereocenters. The largest absolute Gasteiger partial charge is 0.302 e. The van der Waals surface area contributed by atoms with Gasteiger partial charge in [0.15, 0.2) is 10.3 Å². The fourth-order valence-corrected chi connectivity index (χ4v) is 4.27. The van der Waals surface area contributed by atoms with Crippen LogP contribution in [0.5, 0.6) is 0 Å². The van der Waals surface area contributed by atoms with Gasteiger partial charge in [0.2, 0.25) is 5.91 Å². The number of hydrogen-bond acceptors (Lipinski definition) is 6. The monoisotopic (exact) mass is 388 g/mol. The van der Waals surface area contributed by atoms with E-state index in [1.807, 2.05) is 29.6 Å². The van der Waals surface area contributed by atoms with E-state index in [2.05, 4.69) is 17.2 Å². The summed E-state index contributed by atoms with van der Waals surface area (Å²) >= 11 is 2.89. The standard InChI is InChI=1S/C18H20N4O2S2/c1-3-4-9-22-16(24)14-7-5-6-8-15(14)21-18(22)26-11-13-10-25-17(20-13)19-12(2)23/h5-8,10H,3-4,9,11H2,1-2H3,(H,19,20,23). The van der Waals surface area contributed by atoms with Gasteiger partial charge < -0.3 is 5.32 Å². The summed E-state index contributed by atoms with van der Waals surface area (Å²) in [5, 5.41) is 6.53. The van der Waals surface area contributed by atoms with Crippen molar-refractivity contribution in [3.63, 3.8) is 0 Å². The number of anilines is 1. The van der Waals surface area contributed by atoms with E-state index < -0.39 is 0 Å². The third kappa shape index (κ3) is 4.31. The number of benzene rings is 1. The molecule has 0 aliphatic rings. The van der Waals surface area contributed by atoms with E-state index in [0.717, 1.165) is 18.5 Å². The maximum atomic E-state index is 12.8. The van der Waals surface area contributed by atoms with Gasteiger partial charge in [-0.15, -0.1) is 11.3 Å². The van der Waals surface area contributed by atoms with Gasteiger partial charge in [0.1, 0.15) is 0 Å². The number of nitrogens with one attached hydrogen (secondary N) is 1. The van der Waals surface area contributed by atoms with E-state index >= 15 is 0 Å². The molecule has 0 aliphatic carbocycles. The third-order valence-corrected chi connectivity index (χ3v) is 5.56. The molecule has 3 rings (SSSR count). The summed E-state index contributed by atoms with van der Waals surface area (Å²) < 4.78 is 1.76. The lowest BCUT2D eigenvalue weighted by molar-refractivity contribution is -0.114. The van der Waals surface area contributed by atoms with Crippen LogP contribution in [0.1, 0.15) is 32.4 Å². The van der Waals surface area contributed by atoms with Crippen LogP contribution >= 0.6 is 23.1 Å². The smallest absolute Gasteiger partial charge is 0.262 e. The predicted molar refractivity (Wildman–Crippen MR) is 107 cm³/mol. The molecule has 26 heavy (non-hydrogen) atoms. The Kier molecular flexibility index (Phi) is 6.05. The van der Waals surface area contributed by atoms with Gasteiger partial charge in [0.25, 0.3) is 5.56 Å². The number of aromatic nitrogens is 3. The molecule has 0 bridgehead atoms. The predicted octanol–water partition coefficient (Wildman–Crippen LogP) is 3.90. The van der Waals surface area contributed by atoms with Crippen LogP contribution in [-0.2, 0) is 17.1 Å². The molecule has 0 spiro atoms. The molecular formula is C18H20N4O2S2. The second-order valence-electron chi connectivity index (χ2n) is 5.84. The summed E-state index contributed by atoms with van der Waals surface area (Å²) in [6.45, 7) is 4.22. The molecule has 0 radical (unpaired) electrons. The quantitative estimate of drug-likeness (QED) is 0.491. The molecule has 8 heteroatoms. The van der Waals surface area contributed by atoms with Crippen LogP contribution in [0.25, 0.3) is 10.9 Å². The lowest BCUT2D eigenvalue weighted by Crippen LogP contribution is -2.23. The lowest BCUT2D eigenvalue weighted by Gasteiger charge is -2.12. The number of amides is 1. The number of unbranched alkanes of at least 4 members (excludes halogenated alkanes) is 1. The molecule has 6 nitrogen and oxygen atoms in total. The van der Waals surface area contributed by atoms with Crippen molar-refractivity contribution in [2.24, 2.45) is 0 Å². The van der Waals surface area contributed by atoms with Crippen LogP contribution in [0.3, 0.4) is 0 Å². The van der Waals surface area contributed by atoms with Crippen molar-refractivity contribution in [1.82, 2.24) is 14.5 Å². The second kappa shape index (κ2) is 8.46. The van der Waals surface area contributed by atoms with Crippen molar-refractivity contribution < 1.29 is 4.79 Å². The van der Waals surface area contributed by atoms with Crippen molar-refractivity contribution in [3.05, 3.63) is 45.7 Å². The maximum absolute atomic E-state index is 12.8. The number of nitrogens with zero attached hydrogens (tertiary/aromatic N) is 3. The van der Waals surface area contributed by atoms with Crippen molar-refractivity contribution in [2.45, 2.75) is 44.1 Å². The van der Waals surface area contributed by atoms with Gasteiger partial charge in [0.05, 0.1) is 16.6 Å². The fraction of sp³-hybridized carbons (Fsp3) is 0.333. The number of fused-ring (bicyclic) bond motifs is 1. The van der Waals surface area contributed by atoms with Crippen LogP contribution in [0, 0.1) is 0 Å². The minimum absolute atomic E-state index is 0.00348. The summed E-state index contributed by atoms with van der Waals surface area (Å²) in [6.07, 6.45) is 1.94. The summed E-state index contributed by atoms with van der Waals surface area (Å²) in [5.74, 6) is 0.454. The van der Waals surface area contributed by atoms with E-state index in [1.54, 1.807) is 4.57 Å². The molecule has 0 fully saturated rings. The first-order chi connectivity index (χ1) is 12.6. The molecule has 2 heterocycles. The van der Waals surface area contributed by atoms with Crippen LogP contribution < -0.4 is 10.9 Å². The zero-order valence-electron chi connectivity index (χ0n) is 14.7. The molecule has 0 aliphatic heterocycles. The number of thioether (sulfide) groups is 1. The van der Waals surface area contributed by atoms with Gasteiger partial charge >= 0.3 is 0 Å². The molecule has 0 atom stereocenters. The zero-order valence-corrected chi connectivity index (χ0v) is 16.3. The van der Waals surface area contributed by atoms with Gasteiger partial charge in [-0.25, -0.2) is 9.97 Å². The average Bonchev–Trinajstić information content (AvgIpc) is 3.06. The minimum atomic E-state index is -0.136. The van der Waals surface area contributed by atoms with E-state index in [1.165, 1.54) is 30.0 Å². The number of hydrogen-bond donors (Lipinski definition) is 1. The van der Waals surface area contributed by atoms with Gasteiger partial charge in [-0.1, -0.05) is 37.2 Å². The number of carbonyl (C=O) groups excluding carboxylic acids is 1. The highest BCUT2D eigenvalue weighted by Gasteiger charge is 2.12. The molecule has 0 saturated heterocycles. The highest BCUT2D eigenvalue weighted by atomic mass is 32.2. The van der Waals surface area contributed by atoms with Crippen LogP contribution in [-0.4, -0.2) is 20.4 Å². The number of para-hydroxylation sites is 1. The topological polar surface area (TPSA) is 76.9 Å². The average molecular weight is 389 g/mol. The van der Waals surface area contributed by atoms with E-state index in [4.69, 9.17) is 4.98 Å². The highest BCUT2D eigenvalue weighted by Crippen LogP contribution is 2.25. The normalized spacial score (nSPS) is 11.0. The lowest BCUT2D eigenvalue weighted by atomic mass is 10.2. The summed E-state index contributed by atoms with van der Waals surface area (Å²) in [6, 6.07) is 7.44. The van der Waals surface area contributed by atoms with Crippen molar-refractivity contribution in [3.8, 4) is 0 Å². The SMILES string of the molecule is CCCCn1c(SCc2csc(NC(C)=O)n2)nc2ccccc2c1=O. The number of thiazole rings is 1. The number of carbonyl (C=O) groups is 1. The fourth-order valence-electron chi connectivity index (χ4n) is 2.49. The first-order valence-corrected chi connectivity index (χ1v) is 10.3. The molecular weight excluding hydrogens is 368 g/mol. The van der Waals surface area contributed by atoms with Gasteiger partial charge in [0, 0.05) is 24.6 Å². The van der Waals surface area contributed by atoms with Crippen LogP contribution in [0.2, 0.25) is 0 Å². The Morgan fingerprint density at radius 2 is 2.12 bits per heavy atom. The molecule has 1 N–H and O–H groups in total. The van der Waals surface area contributed by atoms with Gasteiger partial charge in [-0.3, -0.25) is 14.2 Å².